The fourth-order valence-corrected chi connectivity index (χ4v) is 2.98. The maximum Gasteiger partial charge on any atom is 0.243 e. The normalized spacial score (nSPS) is 26.5. The molecule has 15 heavy (non-hydrogen) atoms. The van der Waals surface area contributed by atoms with E-state index in [4.69, 9.17) is 5.73 Å². The van der Waals surface area contributed by atoms with E-state index in [0.717, 1.165) is 0 Å². The van der Waals surface area contributed by atoms with E-state index >= 15 is 0 Å². The molecule has 1 aliphatic carbocycles. The highest BCUT2D eigenvalue weighted by Gasteiger charge is 2.24. The number of thioether (sulfide) groups is 1. The minimum absolute atomic E-state index is 0.369. The molecule has 5 nitrogen and oxygen atoms in total. The molecule has 0 radical (unpaired) electrons. The first-order valence-corrected chi connectivity index (χ1v) is 6.55. The lowest BCUT2D eigenvalue weighted by Gasteiger charge is -2.30. The Labute approximate surface area is 93.6 Å². The van der Waals surface area contributed by atoms with Gasteiger partial charge in [-0.2, -0.15) is 16.7 Å². The van der Waals surface area contributed by atoms with Crippen LogP contribution in [0, 0.1) is 0 Å². The van der Waals surface area contributed by atoms with Gasteiger partial charge in [-0.1, -0.05) is 12.8 Å². The first-order chi connectivity index (χ1) is 7.29. The van der Waals surface area contributed by atoms with Gasteiger partial charge in [0.1, 0.15) is 0 Å². The molecule has 2 rings (SSSR count). The summed E-state index contributed by atoms with van der Waals surface area (Å²) in [6.07, 6.45) is 7.25. The van der Waals surface area contributed by atoms with Crippen LogP contribution in [0.25, 0.3) is 0 Å². The van der Waals surface area contributed by atoms with Crippen LogP contribution in [0.1, 0.15) is 25.7 Å². The minimum atomic E-state index is 0.369. The topological polar surface area (TPSA) is 79.6 Å². The van der Waals surface area contributed by atoms with Gasteiger partial charge in [-0.15, -0.1) is 5.10 Å². The summed E-state index contributed by atoms with van der Waals surface area (Å²) in [5.41, 5.74) is 5.48. The molecule has 0 spiro atoms. The molecule has 1 aromatic rings. The lowest BCUT2D eigenvalue weighted by Crippen LogP contribution is -2.34. The molecule has 1 saturated carbocycles. The summed E-state index contributed by atoms with van der Waals surface area (Å²) in [7, 11) is 0. The van der Waals surface area contributed by atoms with E-state index in [1.165, 1.54) is 25.7 Å². The number of nitrogens with zero attached hydrogens (tertiary/aromatic N) is 2. The second-order valence-corrected chi connectivity index (χ2v) is 4.93. The second kappa shape index (κ2) is 4.74. The highest BCUT2D eigenvalue weighted by atomic mass is 32.2. The molecule has 1 aliphatic rings. The molecule has 2 unspecified atom stereocenters. The fraction of sp³-hybridized carbons (Fsp3) is 0.778. The molecule has 0 aromatic carbocycles. The Bertz CT molecular complexity index is 313. The SMILES string of the molecule is CSC1CCCCC1Nc1n[nH]c(N)n1. The van der Waals surface area contributed by atoms with Crippen molar-refractivity contribution in [1.29, 1.82) is 0 Å². The van der Waals surface area contributed by atoms with E-state index < -0.39 is 0 Å². The van der Waals surface area contributed by atoms with Crippen LogP contribution in [-0.2, 0) is 0 Å². The van der Waals surface area contributed by atoms with Crippen molar-refractivity contribution in [3.05, 3.63) is 0 Å². The predicted molar refractivity (Wildman–Crippen MR) is 64.0 cm³/mol. The number of nitrogen functional groups attached to an aromatic ring is 1. The maximum atomic E-state index is 5.48. The Kier molecular flexibility index (Phi) is 3.35. The largest absolute Gasteiger partial charge is 0.368 e. The Balaban J connectivity index is 1.97. The van der Waals surface area contributed by atoms with Gasteiger partial charge in [0.25, 0.3) is 0 Å². The highest BCUT2D eigenvalue weighted by Crippen LogP contribution is 2.28. The lowest BCUT2D eigenvalue weighted by molar-refractivity contribution is 0.473. The van der Waals surface area contributed by atoms with E-state index in [1.807, 2.05) is 11.8 Å². The number of rotatable bonds is 3. The zero-order valence-electron chi connectivity index (χ0n) is 8.86. The van der Waals surface area contributed by atoms with E-state index in [1.54, 1.807) is 0 Å². The summed E-state index contributed by atoms with van der Waals surface area (Å²) in [5, 5.41) is 10.6. The van der Waals surface area contributed by atoms with Gasteiger partial charge >= 0.3 is 0 Å². The molecule has 84 valence electrons. The monoisotopic (exact) mass is 227 g/mol. The van der Waals surface area contributed by atoms with Gasteiger partial charge in [-0.05, 0) is 19.1 Å². The first-order valence-electron chi connectivity index (χ1n) is 5.27. The second-order valence-electron chi connectivity index (χ2n) is 3.85. The van der Waals surface area contributed by atoms with E-state index in [9.17, 15) is 0 Å². The molecule has 2 atom stereocenters. The van der Waals surface area contributed by atoms with E-state index in [0.29, 0.717) is 23.2 Å². The van der Waals surface area contributed by atoms with Crippen LogP contribution in [0.15, 0.2) is 0 Å². The van der Waals surface area contributed by atoms with Crippen molar-refractivity contribution >= 4 is 23.7 Å². The summed E-state index contributed by atoms with van der Waals surface area (Å²) >= 11 is 1.92. The molecule has 1 heterocycles. The quantitative estimate of drug-likeness (QED) is 0.728. The number of hydrogen-bond acceptors (Lipinski definition) is 5. The molecule has 0 amide bonds. The number of aromatic amines is 1. The van der Waals surface area contributed by atoms with Crippen molar-refractivity contribution in [3.63, 3.8) is 0 Å². The maximum absolute atomic E-state index is 5.48. The Morgan fingerprint density at radius 2 is 2.27 bits per heavy atom. The van der Waals surface area contributed by atoms with E-state index in [2.05, 4.69) is 26.8 Å². The van der Waals surface area contributed by atoms with Gasteiger partial charge in [0.2, 0.25) is 11.9 Å². The van der Waals surface area contributed by atoms with Crippen LogP contribution in [0.5, 0.6) is 0 Å². The summed E-state index contributed by atoms with van der Waals surface area (Å²) in [6.45, 7) is 0. The van der Waals surface area contributed by atoms with Crippen LogP contribution in [0.4, 0.5) is 11.9 Å². The molecular weight excluding hydrogens is 210 g/mol. The zero-order chi connectivity index (χ0) is 10.7. The zero-order valence-corrected chi connectivity index (χ0v) is 9.68. The third-order valence-corrected chi connectivity index (χ3v) is 3.99. The summed E-state index contributed by atoms with van der Waals surface area (Å²) in [4.78, 5) is 4.06. The van der Waals surface area contributed by atoms with Gasteiger partial charge in [-0.25, -0.2) is 5.10 Å². The predicted octanol–water partition coefficient (Wildman–Crippen LogP) is 1.47. The van der Waals surface area contributed by atoms with Crippen LogP contribution in [0.3, 0.4) is 0 Å². The number of nitrogens with two attached hydrogens (primary N) is 1. The van der Waals surface area contributed by atoms with Crippen molar-refractivity contribution < 1.29 is 0 Å². The van der Waals surface area contributed by atoms with Gasteiger partial charge in [0, 0.05) is 11.3 Å². The summed E-state index contributed by atoms with van der Waals surface area (Å²) < 4.78 is 0. The summed E-state index contributed by atoms with van der Waals surface area (Å²) in [5.74, 6) is 0.993. The third kappa shape index (κ3) is 2.56. The average molecular weight is 227 g/mol. The van der Waals surface area contributed by atoms with Gasteiger partial charge < -0.3 is 11.1 Å². The van der Waals surface area contributed by atoms with Crippen molar-refractivity contribution in [2.45, 2.75) is 37.0 Å². The number of H-pyrrole nitrogens is 1. The van der Waals surface area contributed by atoms with Crippen molar-refractivity contribution in [1.82, 2.24) is 15.2 Å². The standard InChI is InChI=1S/C9H17N5S/c1-15-7-5-3-2-4-6(7)11-9-12-8(10)13-14-9/h6-7H,2-5H2,1H3,(H4,10,11,12,13,14). The van der Waals surface area contributed by atoms with Crippen molar-refractivity contribution in [2.75, 3.05) is 17.3 Å². The van der Waals surface area contributed by atoms with Gasteiger partial charge in [-0.3, -0.25) is 0 Å². The lowest BCUT2D eigenvalue weighted by atomic mass is 9.95. The van der Waals surface area contributed by atoms with Crippen LogP contribution in [-0.4, -0.2) is 32.7 Å². The summed E-state index contributed by atoms with van der Waals surface area (Å²) in [6, 6.07) is 0.476. The third-order valence-electron chi connectivity index (χ3n) is 2.82. The number of hydrogen-bond donors (Lipinski definition) is 3. The van der Waals surface area contributed by atoms with Crippen molar-refractivity contribution in [2.24, 2.45) is 0 Å². The number of aromatic nitrogens is 3. The number of anilines is 2. The smallest absolute Gasteiger partial charge is 0.243 e. The van der Waals surface area contributed by atoms with E-state index in [-0.39, 0.29) is 0 Å². The van der Waals surface area contributed by atoms with Gasteiger partial charge in [0.05, 0.1) is 0 Å². The average Bonchev–Trinajstić information content (AvgIpc) is 2.65. The van der Waals surface area contributed by atoms with Crippen molar-refractivity contribution in [3.8, 4) is 0 Å². The van der Waals surface area contributed by atoms with Gasteiger partial charge in [0.15, 0.2) is 0 Å². The number of nitrogens with one attached hydrogen (secondary N) is 2. The highest BCUT2D eigenvalue weighted by molar-refractivity contribution is 7.99. The van der Waals surface area contributed by atoms with Crippen LogP contribution < -0.4 is 11.1 Å². The molecule has 1 fully saturated rings. The Hall–Kier alpha value is -0.910. The Morgan fingerprint density at radius 3 is 2.93 bits per heavy atom. The minimum Gasteiger partial charge on any atom is -0.368 e. The molecule has 0 aliphatic heterocycles. The molecule has 6 heteroatoms. The molecular formula is C9H17N5S. The molecule has 4 N–H and O–H groups in total. The molecule has 1 aromatic heterocycles. The first kappa shape index (κ1) is 10.6. The van der Waals surface area contributed by atoms with Crippen LogP contribution >= 0.6 is 11.8 Å². The fourth-order valence-electron chi connectivity index (χ4n) is 2.05. The molecule has 0 bridgehead atoms. The van der Waals surface area contributed by atoms with Crippen LogP contribution in [0.2, 0.25) is 0 Å². The molecule has 0 saturated heterocycles. The Morgan fingerprint density at radius 1 is 1.47 bits per heavy atom.